The average Bonchev–Trinajstić information content (AvgIpc) is 2.98. The van der Waals surface area contributed by atoms with Gasteiger partial charge >= 0.3 is 0 Å². The van der Waals surface area contributed by atoms with E-state index in [0.717, 1.165) is 25.1 Å². The summed E-state index contributed by atoms with van der Waals surface area (Å²) < 4.78 is 0. The molecule has 0 aliphatic carbocycles. The van der Waals surface area contributed by atoms with Crippen molar-refractivity contribution >= 4 is 11.6 Å². The topological polar surface area (TPSA) is 108 Å². The highest BCUT2D eigenvalue weighted by Crippen LogP contribution is 2.25. The van der Waals surface area contributed by atoms with Crippen LogP contribution in [0.15, 0.2) is 24.3 Å². The number of piperidine rings is 1. The van der Waals surface area contributed by atoms with Crippen LogP contribution >= 0.6 is 0 Å². The van der Waals surface area contributed by atoms with E-state index in [2.05, 4.69) is 21.5 Å². The van der Waals surface area contributed by atoms with Gasteiger partial charge in [0.25, 0.3) is 5.69 Å². The van der Waals surface area contributed by atoms with Crippen LogP contribution in [0, 0.1) is 16.0 Å². The smallest absolute Gasteiger partial charge is 0.269 e. The van der Waals surface area contributed by atoms with Crippen LogP contribution in [0.5, 0.6) is 0 Å². The second-order valence-electron chi connectivity index (χ2n) is 6.95. The highest BCUT2D eigenvalue weighted by Gasteiger charge is 2.42. The normalized spacial score (nSPS) is 26.7. The van der Waals surface area contributed by atoms with Crippen LogP contribution in [0.25, 0.3) is 0 Å². The van der Waals surface area contributed by atoms with E-state index < -0.39 is 10.5 Å². The average molecular weight is 333 g/mol. The van der Waals surface area contributed by atoms with Crippen molar-refractivity contribution in [1.82, 2.24) is 21.5 Å². The number of non-ortho nitro benzene ring substituents is 1. The summed E-state index contributed by atoms with van der Waals surface area (Å²) >= 11 is 0. The van der Waals surface area contributed by atoms with Crippen LogP contribution in [0.2, 0.25) is 0 Å². The number of carbonyl (C=O) groups is 1. The molecule has 2 heterocycles. The van der Waals surface area contributed by atoms with Crippen LogP contribution in [-0.4, -0.2) is 36.0 Å². The van der Waals surface area contributed by atoms with Gasteiger partial charge in [0, 0.05) is 30.6 Å². The predicted molar refractivity (Wildman–Crippen MR) is 89.1 cm³/mol. The van der Waals surface area contributed by atoms with E-state index in [0.29, 0.717) is 6.04 Å². The molecule has 0 radical (unpaired) electrons. The Labute approximate surface area is 140 Å². The van der Waals surface area contributed by atoms with Gasteiger partial charge in [-0.05, 0) is 44.5 Å². The lowest BCUT2D eigenvalue weighted by atomic mass is 9.87. The zero-order valence-electron chi connectivity index (χ0n) is 13.8. The number of amides is 1. The van der Waals surface area contributed by atoms with Gasteiger partial charge in [-0.2, -0.15) is 0 Å². The van der Waals surface area contributed by atoms with E-state index in [1.165, 1.54) is 12.1 Å². The first-order valence-corrected chi connectivity index (χ1v) is 8.17. The van der Waals surface area contributed by atoms with Crippen molar-refractivity contribution in [1.29, 1.82) is 0 Å². The first-order chi connectivity index (χ1) is 11.4. The first-order valence-electron chi connectivity index (χ1n) is 8.17. The van der Waals surface area contributed by atoms with E-state index in [-0.39, 0.29) is 23.6 Å². The minimum absolute atomic E-state index is 0.0404. The number of nitrogens with zero attached hydrogens (tertiary/aromatic N) is 1. The van der Waals surface area contributed by atoms with E-state index >= 15 is 0 Å². The van der Waals surface area contributed by atoms with Gasteiger partial charge in [0.05, 0.1) is 10.5 Å². The van der Waals surface area contributed by atoms with Gasteiger partial charge in [-0.1, -0.05) is 0 Å². The third-order valence-electron chi connectivity index (χ3n) is 4.90. The lowest BCUT2D eigenvalue weighted by molar-refractivity contribution is -0.384. The van der Waals surface area contributed by atoms with E-state index in [1.54, 1.807) is 12.1 Å². The van der Waals surface area contributed by atoms with E-state index in [1.807, 2.05) is 13.8 Å². The Bertz CT molecular complexity index is 631. The van der Waals surface area contributed by atoms with E-state index in [4.69, 9.17) is 0 Å². The summed E-state index contributed by atoms with van der Waals surface area (Å²) in [5.74, 6) is 0.147. The number of nitrogens with one attached hydrogen (secondary N) is 4. The molecule has 1 amide bonds. The Morgan fingerprint density at radius 2 is 2.00 bits per heavy atom. The highest BCUT2D eigenvalue weighted by atomic mass is 16.6. The number of rotatable bonds is 4. The molecule has 0 aromatic heterocycles. The molecule has 8 heteroatoms. The third-order valence-corrected chi connectivity index (χ3v) is 4.90. The minimum Gasteiger partial charge on any atom is -0.346 e. The molecular weight excluding hydrogens is 310 g/mol. The van der Waals surface area contributed by atoms with Crippen molar-refractivity contribution < 1.29 is 9.72 Å². The Kier molecular flexibility index (Phi) is 4.53. The van der Waals surface area contributed by atoms with Gasteiger partial charge < -0.3 is 10.6 Å². The van der Waals surface area contributed by atoms with Crippen LogP contribution in [0.3, 0.4) is 0 Å². The van der Waals surface area contributed by atoms with Gasteiger partial charge in [0.15, 0.2) is 0 Å². The predicted octanol–water partition coefficient (Wildman–Crippen LogP) is 0.401. The van der Waals surface area contributed by atoms with Crippen LogP contribution in [0.4, 0.5) is 5.69 Å². The molecule has 2 fully saturated rings. The minimum atomic E-state index is -0.617. The number of carbonyl (C=O) groups excluding carboxylic acids is 1. The maximum absolute atomic E-state index is 12.7. The molecule has 1 aromatic carbocycles. The number of nitro groups is 1. The maximum atomic E-state index is 12.7. The summed E-state index contributed by atoms with van der Waals surface area (Å²) in [7, 11) is 0. The van der Waals surface area contributed by atoms with Crippen molar-refractivity contribution in [2.24, 2.45) is 5.92 Å². The zero-order valence-corrected chi connectivity index (χ0v) is 13.8. The molecule has 130 valence electrons. The lowest BCUT2D eigenvalue weighted by Gasteiger charge is -2.31. The van der Waals surface area contributed by atoms with Crippen LogP contribution < -0.4 is 21.5 Å². The Morgan fingerprint density at radius 1 is 1.29 bits per heavy atom. The summed E-state index contributed by atoms with van der Waals surface area (Å²) in [4.78, 5) is 23.0. The fraction of sp³-hybridized carbons (Fsp3) is 0.562. The molecule has 2 saturated heterocycles. The standard InChI is InChI=1S/C16H23N5O3/c1-16(2,10-3-5-11(6-4-10)21(23)24)18-15(22)14-12-9-17-8-7-13(12)19-20-14/h3-6,12-14,17,19-20H,7-9H2,1-2H3,(H,18,22). The molecule has 3 rings (SSSR count). The monoisotopic (exact) mass is 333 g/mol. The summed E-state index contributed by atoms with van der Waals surface area (Å²) in [5, 5.41) is 17.1. The number of hydrogen-bond acceptors (Lipinski definition) is 6. The van der Waals surface area contributed by atoms with Gasteiger partial charge in [-0.15, -0.1) is 0 Å². The van der Waals surface area contributed by atoms with Crippen molar-refractivity contribution in [2.45, 2.75) is 37.9 Å². The second kappa shape index (κ2) is 6.46. The fourth-order valence-corrected chi connectivity index (χ4v) is 3.43. The number of fused-ring (bicyclic) bond motifs is 1. The van der Waals surface area contributed by atoms with Crippen LogP contribution in [-0.2, 0) is 10.3 Å². The fourth-order valence-electron chi connectivity index (χ4n) is 3.43. The van der Waals surface area contributed by atoms with Crippen LogP contribution in [0.1, 0.15) is 25.8 Å². The molecule has 2 aliphatic rings. The molecule has 0 bridgehead atoms. The molecule has 0 spiro atoms. The van der Waals surface area contributed by atoms with Gasteiger partial charge in [0.1, 0.15) is 6.04 Å². The Morgan fingerprint density at radius 3 is 2.67 bits per heavy atom. The van der Waals surface area contributed by atoms with Crippen molar-refractivity contribution in [2.75, 3.05) is 13.1 Å². The molecule has 8 nitrogen and oxygen atoms in total. The molecule has 1 aromatic rings. The number of benzene rings is 1. The van der Waals surface area contributed by atoms with Gasteiger partial charge in [0.2, 0.25) is 5.91 Å². The van der Waals surface area contributed by atoms with E-state index in [9.17, 15) is 14.9 Å². The highest BCUT2D eigenvalue weighted by molar-refractivity contribution is 5.83. The third kappa shape index (κ3) is 3.26. The lowest BCUT2D eigenvalue weighted by Crippen LogP contribution is -2.53. The second-order valence-corrected chi connectivity index (χ2v) is 6.95. The first kappa shape index (κ1) is 16.8. The van der Waals surface area contributed by atoms with Gasteiger partial charge in [-0.25, -0.2) is 5.43 Å². The van der Waals surface area contributed by atoms with Crippen molar-refractivity contribution in [3.05, 3.63) is 39.9 Å². The summed E-state index contributed by atoms with van der Waals surface area (Å²) in [6, 6.07) is 6.30. The SMILES string of the molecule is CC(C)(NC(=O)C1NNC2CCNCC21)c1ccc([N+](=O)[O-])cc1. The Hall–Kier alpha value is -2.03. The largest absolute Gasteiger partial charge is 0.346 e. The molecule has 4 N–H and O–H groups in total. The summed E-state index contributed by atoms with van der Waals surface area (Å²) in [5.41, 5.74) is 6.56. The number of nitro benzene ring substituents is 1. The summed E-state index contributed by atoms with van der Waals surface area (Å²) in [6.45, 7) is 5.55. The maximum Gasteiger partial charge on any atom is 0.269 e. The molecule has 3 atom stereocenters. The molecular formula is C16H23N5O3. The van der Waals surface area contributed by atoms with Gasteiger partial charge in [-0.3, -0.25) is 20.3 Å². The quantitative estimate of drug-likeness (QED) is 0.469. The number of hydrogen-bond donors (Lipinski definition) is 4. The molecule has 0 saturated carbocycles. The number of hydrazine groups is 1. The Balaban J connectivity index is 1.69. The molecule has 3 unspecified atom stereocenters. The zero-order chi connectivity index (χ0) is 17.3. The summed E-state index contributed by atoms with van der Waals surface area (Å²) in [6.07, 6.45) is 0.993. The molecule has 24 heavy (non-hydrogen) atoms. The van der Waals surface area contributed by atoms with Crippen molar-refractivity contribution in [3.8, 4) is 0 Å². The molecule has 2 aliphatic heterocycles. The van der Waals surface area contributed by atoms with Crippen molar-refractivity contribution in [3.63, 3.8) is 0 Å².